The van der Waals surface area contributed by atoms with Crippen molar-refractivity contribution < 1.29 is 28.2 Å². The molecule has 0 atom stereocenters. The van der Waals surface area contributed by atoms with Gasteiger partial charge in [0.1, 0.15) is 5.82 Å². The van der Waals surface area contributed by atoms with Gasteiger partial charge in [0.05, 0.1) is 6.42 Å². The number of esters is 3. The fourth-order valence-electron chi connectivity index (χ4n) is 1.21. The molecular weight excluding hydrogens is 267 g/mol. The van der Waals surface area contributed by atoms with Crippen molar-refractivity contribution in [2.24, 2.45) is 0 Å². The summed E-state index contributed by atoms with van der Waals surface area (Å²) in [5.41, 5.74) is 0.638. The van der Waals surface area contributed by atoms with Crippen LogP contribution in [0.2, 0.25) is 0 Å². The highest BCUT2D eigenvalue weighted by molar-refractivity contribution is 5.91. The molecule has 20 heavy (non-hydrogen) atoms. The van der Waals surface area contributed by atoms with E-state index < -0.39 is 30.3 Å². The zero-order chi connectivity index (χ0) is 15.1. The summed E-state index contributed by atoms with van der Waals surface area (Å²) in [4.78, 5) is 33.6. The van der Waals surface area contributed by atoms with Crippen molar-refractivity contribution in [3.05, 3.63) is 47.8 Å². The highest BCUT2D eigenvalue weighted by Gasteiger charge is 2.14. The van der Waals surface area contributed by atoms with Crippen LogP contribution in [0.15, 0.2) is 36.4 Å². The molecule has 0 aromatic heterocycles. The Bertz CT molecular complexity index is 533. The van der Waals surface area contributed by atoms with Gasteiger partial charge < -0.3 is 9.47 Å². The Morgan fingerprint density at radius 1 is 1.15 bits per heavy atom. The Balaban J connectivity index is 2.38. The number of carbonyl (C=O) groups excluding carboxylic acids is 3. The monoisotopic (exact) mass is 280 g/mol. The van der Waals surface area contributed by atoms with E-state index >= 15 is 0 Å². The Morgan fingerprint density at radius 3 is 2.30 bits per heavy atom. The van der Waals surface area contributed by atoms with Gasteiger partial charge in [-0.15, -0.1) is 0 Å². The van der Waals surface area contributed by atoms with E-state index in [1.165, 1.54) is 31.2 Å². The summed E-state index contributed by atoms with van der Waals surface area (Å²) in [6, 6.07) is 5.20. The number of ether oxygens (including phenoxy) is 2. The lowest BCUT2D eigenvalue weighted by molar-refractivity contribution is -0.165. The van der Waals surface area contributed by atoms with Crippen LogP contribution in [0.5, 0.6) is 0 Å². The molecule has 0 unspecified atom stereocenters. The Kier molecular flexibility index (Phi) is 5.58. The predicted molar refractivity (Wildman–Crippen MR) is 67.0 cm³/mol. The number of halogens is 1. The van der Waals surface area contributed by atoms with E-state index in [4.69, 9.17) is 0 Å². The number of hydrogen-bond acceptors (Lipinski definition) is 5. The second kappa shape index (κ2) is 7.18. The maximum atomic E-state index is 12.6. The third kappa shape index (κ3) is 5.43. The summed E-state index contributed by atoms with van der Waals surface area (Å²) in [6.45, 7) is 4.09. The molecule has 0 saturated heterocycles. The van der Waals surface area contributed by atoms with Gasteiger partial charge in [0.2, 0.25) is 0 Å². The average Bonchev–Trinajstić information content (AvgIpc) is 2.38. The van der Waals surface area contributed by atoms with Crippen LogP contribution in [0.4, 0.5) is 4.39 Å². The summed E-state index contributed by atoms with van der Waals surface area (Å²) in [5.74, 6) is -2.96. The fourth-order valence-corrected chi connectivity index (χ4v) is 1.21. The van der Waals surface area contributed by atoms with Crippen molar-refractivity contribution in [1.82, 2.24) is 0 Å². The highest BCUT2D eigenvalue weighted by Crippen LogP contribution is 2.04. The van der Waals surface area contributed by atoms with Gasteiger partial charge in [-0.3, -0.25) is 4.79 Å². The zero-order valence-corrected chi connectivity index (χ0v) is 10.8. The summed E-state index contributed by atoms with van der Waals surface area (Å²) < 4.78 is 21.6. The van der Waals surface area contributed by atoms with E-state index in [9.17, 15) is 18.8 Å². The van der Waals surface area contributed by atoms with Crippen LogP contribution in [-0.4, -0.2) is 24.5 Å². The molecule has 6 heteroatoms. The van der Waals surface area contributed by atoms with Crippen LogP contribution in [0.25, 0.3) is 0 Å². The number of benzene rings is 1. The Hall–Kier alpha value is -2.50. The largest absolute Gasteiger partial charge is 0.450 e. The molecule has 0 aliphatic carbocycles. The smallest absolute Gasteiger partial charge is 0.351 e. The van der Waals surface area contributed by atoms with Gasteiger partial charge >= 0.3 is 17.9 Å². The van der Waals surface area contributed by atoms with E-state index in [2.05, 4.69) is 16.1 Å². The number of rotatable bonds is 5. The van der Waals surface area contributed by atoms with Crippen LogP contribution in [0.1, 0.15) is 12.5 Å². The first kappa shape index (κ1) is 15.6. The second-order valence-electron chi connectivity index (χ2n) is 4.01. The maximum absolute atomic E-state index is 12.6. The molecule has 1 aromatic carbocycles. The Morgan fingerprint density at radius 2 is 1.75 bits per heavy atom. The van der Waals surface area contributed by atoms with Gasteiger partial charge in [-0.2, -0.15) is 0 Å². The molecule has 0 bridgehead atoms. The van der Waals surface area contributed by atoms with Gasteiger partial charge in [0.15, 0.2) is 6.61 Å². The molecule has 0 saturated carbocycles. The topological polar surface area (TPSA) is 69.7 Å². The molecule has 1 rings (SSSR count). The van der Waals surface area contributed by atoms with Crippen molar-refractivity contribution in [1.29, 1.82) is 0 Å². The highest BCUT2D eigenvalue weighted by atomic mass is 19.1. The Labute approximate surface area is 115 Å². The molecule has 106 valence electrons. The van der Waals surface area contributed by atoms with Crippen LogP contribution in [0.3, 0.4) is 0 Å². The van der Waals surface area contributed by atoms with Gasteiger partial charge in [-0.25, -0.2) is 14.0 Å². The molecule has 0 N–H and O–H groups in total. The SMILES string of the molecule is C=C(C)C(=O)OCC(=O)OC(=O)Cc1ccc(F)cc1. The quantitative estimate of drug-likeness (QED) is 0.465. The molecule has 0 heterocycles. The third-order valence-electron chi connectivity index (χ3n) is 2.16. The fraction of sp³-hybridized carbons (Fsp3) is 0.214. The van der Waals surface area contributed by atoms with Crippen LogP contribution >= 0.6 is 0 Å². The molecule has 1 aromatic rings. The molecule has 0 fully saturated rings. The predicted octanol–water partition coefficient (Wildman–Crippen LogP) is 1.56. The lowest BCUT2D eigenvalue weighted by Gasteiger charge is -2.04. The standard InChI is InChI=1S/C14H13FO5/c1-9(2)14(18)19-8-13(17)20-12(16)7-10-3-5-11(15)6-4-10/h3-6H,1,7-8H2,2H3. The minimum atomic E-state index is -0.980. The molecule has 0 amide bonds. The van der Waals surface area contributed by atoms with E-state index in [1.54, 1.807) is 0 Å². The number of hydrogen-bond donors (Lipinski definition) is 0. The first-order chi connectivity index (χ1) is 9.38. The first-order valence-electron chi connectivity index (χ1n) is 5.69. The van der Waals surface area contributed by atoms with Crippen LogP contribution in [0, 0.1) is 5.82 Å². The lowest BCUT2D eigenvalue weighted by Crippen LogP contribution is -2.21. The van der Waals surface area contributed by atoms with Gasteiger partial charge in [0, 0.05) is 5.57 Å². The summed E-state index contributed by atoms with van der Waals surface area (Å²) in [5, 5.41) is 0. The van der Waals surface area contributed by atoms with E-state index in [-0.39, 0.29) is 12.0 Å². The summed E-state index contributed by atoms with van der Waals surface area (Å²) in [7, 11) is 0. The minimum Gasteiger partial charge on any atom is -0.450 e. The molecule has 0 spiro atoms. The summed E-state index contributed by atoms with van der Waals surface area (Å²) >= 11 is 0. The van der Waals surface area contributed by atoms with Crippen LogP contribution < -0.4 is 0 Å². The minimum absolute atomic E-state index is 0.135. The summed E-state index contributed by atoms with van der Waals surface area (Å²) in [6.07, 6.45) is -0.180. The van der Waals surface area contributed by atoms with Crippen LogP contribution in [-0.2, 0) is 30.3 Å². The molecule has 0 radical (unpaired) electrons. The van der Waals surface area contributed by atoms with E-state index in [0.29, 0.717) is 5.56 Å². The first-order valence-corrected chi connectivity index (χ1v) is 5.69. The van der Waals surface area contributed by atoms with Gasteiger partial charge in [-0.1, -0.05) is 18.7 Å². The molecule has 5 nitrogen and oxygen atoms in total. The number of carbonyl (C=O) groups is 3. The maximum Gasteiger partial charge on any atom is 0.351 e. The van der Waals surface area contributed by atoms with Gasteiger partial charge in [0.25, 0.3) is 0 Å². The van der Waals surface area contributed by atoms with Crippen molar-refractivity contribution in [2.75, 3.05) is 6.61 Å². The van der Waals surface area contributed by atoms with Gasteiger partial charge in [-0.05, 0) is 24.6 Å². The van der Waals surface area contributed by atoms with Crippen molar-refractivity contribution >= 4 is 17.9 Å². The third-order valence-corrected chi connectivity index (χ3v) is 2.16. The molecule has 0 aliphatic heterocycles. The van der Waals surface area contributed by atoms with E-state index in [1.807, 2.05) is 0 Å². The normalized spacial score (nSPS) is 9.70. The average molecular weight is 280 g/mol. The molecule has 0 aliphatic rings. The lowest BCUT2D eigenvalue weighted by atomic mass is 10.1. The molecular formula is C14H13FO5. The van der Waals surface area contributed by atoms with E-state index in [0.717, 1.165) is 0 Å². The second-order valence-corrected chi connectivity index (χ2v) is 4.01. The van der Waals surface area contributed by atoms with Crippen molar-refractivity contribution in [2.45, 2.75) is 13.3 Å². The van der Waals surface area contributed by atoms with Crippen molar-refractivity contribution in [3.8, 4) is 0 Å². The van der Waals surface area contributed by atoms with Crippen molar-refractivity contribution in [3.63, 3.8) is 0 Å². The zero-order valence-electron chi connectivity index (χ0n) is 10.8.